The van der Waals surface area contributed by atoms with Crippen LogP contribution in [0.3, 0.4) is 0 Å². The lowest BCUT2D eigenvalue weighted by Crippen LogP contribution is -2.59. The Hall–Kier alpha value is -2.15. The molecule has 0 bridgehead atoms. The van der Waals surface area contributed by atoms with Gasteiger partial charge in [-0.1, -0.05) is 30.3 Å². The predicted molar refractivity (Wildman–Crippen MR) is 74.8 cm³/mol. The summed E-state index contributed by atoms with van der Waals surface area (Å²) in [7, 11) is 1.60. The van der Waals surface area contributed by atoms with Crippen molar-refractivity contribution in [2.24, 2.45) is 5.92 Å². The number of rotatable bonds is 2. The molecule has 0 saturated carbocycles. The van der Waals surface area contributed by atoms with Gasteiger partial charge in [0.25, 0.3) is 0 Å². The van der Waals surface area contributed by atoms with Crippen LogP contribution in [0.5, 0.6) is 0 Å². The van der Waals surface area contributed by atoms with E-state index in [0.717, 1.165) is 5.56 Å². The fourth-order valence-corrected chi connectivity index (χ4v) is 3.14. The summed E-state index contributed by atoms with van der Waals surface area (Å²) in [5.41, 5.74) is -0.155. The number of carbonyl (C=O) groups excluding carboxylic acids is 2. The molecule has 0 unspecified atom stereocenters. The van der Waals surface area contributed by atoms with E-state index in [4.69, 9.17) is 0 Å². The van der Waals surface area contributed by atoms with Crippen molar-refractivity contribution in [1.82, 2.24) is 4.90 Å². The molecule has 1 fully saturated rings. The van der Waals surface area contributed by atoms with E-state index in [1.165, 1.54) is 11.8 Å². The second-order valence-electron chi connectivity index (χ2n) is 5.52. The molecule has 104 valence electrons. The van der Waals surface area contributed by atoms with Crippen molar-refractivity contribution < 1.29 is 9.59 Å². The average Bonchev–Trinajstić information content (AvgIpc) is 2.44. The Bertz CT molecular complexity index is 576. The number of nitriles is 1. The van der Waals surface area contributed by atoms with Crippen LogP contribution in [-0.2, 0) is 9.59 Å². The third kappa shape index (κ3) is 2.09. The van der Waals surface area contributed by atoms with Crippen LogP contribution in [0.25, 0.3) is 0 Å². The number of carbonyl (C=O) groups is 2. The number of benzene rings is 1. The van der Waals surface area contributed by atoms with E-state index in [2.05, 4.69) is 6.07 Å². The molecule has 2 rings (SSSR count). The third-order valence-corrected chi connectivity index (χ3v) is 4.37. The zero-order valence-corrected chi connectivity index (χ0v) is 12.0. The van der Waals surface area contributed by atoms with Gasteiger partial charge < -0.3 is 4.90 Å². The number of hydrogen-bond donors (Lipinski definition) is 0. The van der Waals surface area contributed by atoms with E-state index < -0.39 is 11.5 Å². The first kappa shape index (κ1) is 14.3. The Morgan fingerprint density at radius 1 is 1.40 bits per heavy atom. The Morgan fingerprint density at radius 2 is 2.00 bits per heavy atom. The number of hydrogen-bond acceptors (Lipinski definition) is 3. The number of amides is 1. The lowest BCUT2D eigenvalue weighted by molar-refractivity contribution is -0.144. The average molecular weight is 270 g/mol. The highest BCUT2D eigenvalue weighted by molar-refractivity contribution is 5.88. The van der Waals surface area contributed by atoms with Crippen LogP contribution in [0.2, 0.25) is 0 Å². The molecule has 1 aliphatic rings. The van der Waals surface area contributed by atoms with Crippen molar-refractivity contribution in [2.75, 3.05) is 7.05 Å². The maximum atomic E-state index is 12.2. The summed E-state index contributed by atoms with van der Waals surface area (Å²) in [6.07, 6.45) is 0.266. The molecule has 3 atom stereocenters. The maximum absolute atomic E-state index is 12.2. The fraction of sp³-hybridized carbons (Fsp3) is 0.438. The van der Waals surface area contributed by atoms with Gasteiger partial charge >= 0.3 is 0 Å². The number of Topliss-reactive ketones (excluding diaryl/α,β-unsaturated/α-hetero) is 1. The first-order valence-corrected chi connectivity index (χ1v) is 6.65. The molecule has 0 radical (unpaired) electrons. The largest absolute Gasteiger partial charge is 0.327 e. The van der Waals surface area contributed by atoms with Gasteiger partial charge in [0, 0.05) is 19.4 Å². The summed E-state index contributed by atoms with van der Waals surface area (Å²) in [6.45, 7) is 3.17. The van der Waals surface area contributed by atoms with E-state index in [1.54, 1.807) is 14.0 Å². The second kappa shape index (κ2) is 5.09. The van der Waals surface area contributed by atoms with Gasteiger partial charge in [0.15, 0.2) is 0 Å². The van der Waals surface area contributed by atoms with E-state index in [1.807, 2.05) is 30.3 Å². The number of nitrogens with zero attached hydrogens (tertiary/aromatic N) is 2. The summed E-state index contributed by atoms with van der Waals surface area (Å²) in [5, 5.41) is 9.53. The minimum absolute atomic E-state index is 0.0535. The van der Waals surface area contributed by atoms with E-state index in [9.17, 15) is 14.9 Å². The first-order valence-electron chi connectivity index (χ1n) is 6.65. The van der Waals surface area contributed by atoms with Crippen molar-refractivity contribution in [3.63, 3.8) is 0 Å². The monoisotopic (exact) mass is 270 g/mol. The number of likely N-dealkylation sites (tertiary alicyclic amines) is 1. The molecular formula is C16H18N2O2. The molecule has 0 N–H and O–H groups in total. The van der Waals surface area contributed by atoms with E-state index >= 15 is 0 Å². The molecule has 4 nitrogen and oxygen atoms in total. The summed E-state index contributed by atoms with van der Waals surface area (Å²) in [6, 6.07) is 11.7. The fourth-order valence-electron chi connectivity index (χ4n) is 3.14. The van der Waals surface area contributed by atoms with Crippen LogP contribution in [0.1, 0.15) is 31.7 Å². The minimum Gasteiger partial charge on any atom is -0.327 e. The van der Waals surface area contributed by atoms with Gasteiger partial charge in [-0.15, -0.1) is 0 Å². The van der Waals surface area contributed by atoms with Gasteiger partial charge in [0.1, 0.15) is 11.3 Å². The highest BCUT2D eigenvalue weighted by atomic mass is 16.2. The predicted octanol–water partition coefficient (Wildman–Crippen LogP) is 2.12. The molecular weight excluding hydrogens is 252 g/mol. The second-order valence-corrected chi connectivity index (χ2v) is 5.52. The van der Waals surface area contributed by atoms with Gasteiger partial charge in [0.05, 0.1) is 12.0 Å². The summed E-state index contributed by atoms with van der Waals surface area (Å²) >= 11 is 0. The van der Waals surface area contributed by atoms with Gasteiger partial charge in [-0.2, -0.15) is 5.26 Å². The normalized spacial score (nSPS) is 29.9. The van der Waals surface area contributed by atoms with Crippen molar-refractivity contribution in [1.29, 1.82) is 5.26 Å². The molecule has 1 aromatic rings. The van der Waals surface area contributed by atoms with Crippen molar-refractivity contribution in [3.05, 3.63) is 35.9 Å². The highest BCUT2D eigenvalue weighted by Gasteiger charge is 2.52. The summed E-state index contributed by atoms with van der Waals surface area (Å²) in [4.78, 5) is 25.7. The number of piperidine rings is 1. The Balaban J connectivity index is 2.54. The maximum Gasteiger partial charge on any atom is 0.224 e. The summed E-state index contributed by atoms with van der Waals surface area (Å²) < 4.78 is 0. The van der Waals surface area contributed by atoms with E-state index in [-0.39, 0.29) is 24.0 Å². The SMILES string of the molecule is CC(=O)[C@H]1[C@H](c2ccccc2)CC(=O)N(C)[C@@]1(C)C#N. The van der Waals surface area contributed by atoms with Crippen molar-refractivity contribution in [3.8, 4) is 6.07 Å². The van der Waals surface area contributed by atoms with Crippen LogP contribution >= 0.6 is 0 Å². The molecule has 0 aromatic heterocycles. The van der Waals surface area contributed by atoms with Crippen LogP contribution < -0.4 is 0 Å². The lowest BCUT2D eigenvalue weighted by Gasteiger charge is -2.46. The number of ketones is 1. The molecule has 1 aliphatic heterocycles. The first-order chi connectivity index (χ1) is 9.41. The smallest absolute Gasteiger partial charge is 0.224 e. The van der Waals surface area contributed by atoms with Gasteiger partial charge in [-0.25, -0.2) is 0 Å². The van der Waals surface area contributed by atoms with Crippen LogP contribution in [0.15, 0.2) is 30.3 Å². The molecule has 1 heterocycles. The zero-order valence-electron chi connectivity index (χ0n) is 12.0. The third-order valence-electron chi connectivity index (χ3n) is 4.37. The van der Waals surface area contributed by atoms with Crippen LogP contribution in [-0.4, -0.2) is 29.2 Å². The minimum atomic E-state index is -1.10. The Kier molecular flexibility index (Phi) is 3.63. The zero-order chi connectivity index (χ0) is 14.9. The van der Waals surface area contributed by atoms with Gasteiger partial charge in [-0.3, -0.25) is 9.59 Å². The standard InChI is InChI=1S/C16H18N2O2/c1-11(19)15-13(12-7-5-4-6-8-12)9-14(20)18(3)16(15,2)10-17/h4-8,13,15H,9H2,1-3H3/t13-,15-,16-/m0/s1. The lowest BCUT2D eigenvalue weighted by atomic mass is 9.67. The molecule has 1 aromatic carbocycles. The Labute approximate surface area is 119 Å². The molecule has 1 saturated heterocycles. The molecule has 20 heavy (non-hydrogen) atoms. The van der Waals surface area contributed by atoms with Crippen molar-refractivity contribution in [2.45, 2.75) is 31.7 Å². The Morgan fingerprint density at radius 3 is 2.50 bits per heavy atom. The van der Waals surface area contributed by atoms with Crippen LogP contribution in [0, 0.1) is 17.2 Å². The van der Waals surface area contributed by atoms with Gasteiger partial charge in [0.2, 0.25) is 5.91 Å². The quantitative estimate of drug-likeness (QED) is 0.827. The molecule has 0 aliphatic carbocycles. The topological polar surface area (TPSA) is 61.2 Å². The van der Waals surface area contributed by atoms with E-state index in [0.29, 0.717) is 0 Å². The highest BCUT2D eigenvalue weighted by Crippen LogP contribution is 2.43. The van der Waals surface area contributed by atoms with Crippen molar-refractivity contribution >= 4 is 11.7 Å². The molecule has 1 amide bonds. The van der Waals surface area contributed by atoms with Gasteiger partial charge in [-0.05, 0) is 19.4 Å². The molecule has 0 spiro atoms. The van der Waals surface area contributed by atoms with Crippen LogP contribution in [0.4, 0.5) is 0 Å². The summed E-state index contributed by atoms with van der Waals surface area (Å²) in [5.74, 6) is -0.887. The molecule has 4 heteroatoms.